The van der Waals surface area contributed by atoms with Crippen LogP contribution >= 0.6 is 0 Å². The molecule has 5 nitrogen and oxygen atoms in total. The van der Waals surface area contributed by atoms with Crippen molar-refractivity contribution in [2.75, 3.05) is 18.8 Å². The summed E-state index contributed by atoms with van der Waals surface area (Å²) in [6, 6.07) is 7.64. The van der Waals surface area contributed by atoms with Crippen LogP contribution in [0.15, 0.2) is 24.3 Å². The molecule has 1 aromatic heterocycles. The largest absolute Gasteiger partial charge is 0.369 e. The lowest BCUT2D eigenvalue weighted by Gasteiger charge is -2.19. The van der Waals surface area contributed by atoms with Crippen LogP contribution < -0.4 is 5.73 Å². The van der Waals surface area contributed by atoms with E-state index in [9.17, 15) is 4.79 Å². The van der Waals surface area contributed by atoms with Crippen molar-refractivity contribution in [2.45, 2.75) is 20.4 Å². The minimum Gasteiger partial charge on any atom is -0.369 e. The maximum Gasteiger partial charge on any atom is 0.242 e. The summed E-state index contributed by atoms with van der Waals surface area (Å²) in [6.07, 6.45) is 0. The van der Waals surface area contributed by atoms with E-state index in [-0.39, 0.29) is 12.5 Å². The van der Waals surface area contributed by atoms with Crippen LogP contribution in [0.5, 0.6) is 0 Å². The number of anilines is 1. The van der Waals surface area contributed by atoms with Gasteiger partial charge in [-0.05, 0) is 26.0 Å². The van der Waals surface area contributed by atoms with E-state index < -0.39 is 0 Å². The molecule has 18 heavy (non-hydrogen) atoms. The van der Waals surface area contributed by atoms with Gasteiger partial charge < -0.3 is 15.2 Å². The van der Waals surface area contributed by atoms with Crippen LogP contribution in [0.4, 0.5) is 5.95 Å². The van der Waals surface area contributed by atoms with Gasteiger partial charge in [-0.2, -0.15) is 0 Å². The third-order valence-electron chi connectivity index (χ3n) is 3.09. The first-order valence-electron chi connectivity index (χ1n) is 6.15. The number of amides is 1. The Morgan fingerprint density at radius 1 is 1.33 bits per heavy atom. The second kappa shape index (κ2) is 5.08. The van der Waals surface area contributed by atoms with E-state index in [2.05, 4.69) is 4.98 Å². The van der Waals surface area contributed by atoms with Gasteiger partial charge in [0.1, 0.15) is 6.54 Å². The third-order valence-corrected chi connectivity index (χ3v) is 3.09. The molecular formula is C13H18N4O. The molecule has 0 aliphatic heterocycles. The Morgan fingerprint density at radius 2 is 2.00 bits per heavy atom. The Morgan fingerprint density at radius 3 is 2.67 bits per heavy atom. The summed E-state index contributed by atoms with van der Waals surface area (Å²) < 4.78 is 1.76. The minimum absolute atomic E-state index is 0.0647. The SMILES string of the molecule is CCN(CC)C(=O)Cn1c(N)nc2ccccc21. The van der Waals surface area contributed by atoms with Crippen LogP contribution in [-0.2, 0) is 11.3 Å². The normalized spacial score (nSPS) is 10.8. The van der Waals surface area contributed by atoms with Crippen LogP contribution in [0.3, 0.4) is 0 Å². The molecule has 0 radical (unpaired) electrons. The third kappa shape index (κ3) is 2.16. The van der Waals surface area contributed by atoms with Crippen LogP contribution in [0, 0.1) is 0 Å². The Bertz CT molecular complexity index is 557. The van der Waals surface area contributed by atoms with E-state index >= 15 is 0 Å². The molecular weight excluding hydrogens is 228 g/mol. The van der Waals surface area contributed by atoms with Crippen LogP contribution in [-0.4, -0.2) is 33.4 Å². The lowest BCUT2D eigenvalue weighted by molar-refractivity contribution is -0.131. The van der Waals surface area contributed by atoms with E-state index in [1.165, 1.54) is 0 Å². The average Bonchev–Trinajstić information content (AvgIpc) is 2.68. The average molecular weight is 246 g/mol. The zero-order chi connectivity index (χ0) is 13.1. The topological polar surface area (TPSA) is 64.2 Å². The molecule has 2 rings (SSSR count). The van der Waals surface area contributed by atoms with Gasteiger partial charge in [0.25, 0.3) is 0 Å². The van der Waals surface area contributed by atoms with Gasteiger partial charge in [-0.3, -0.25) is 4.79 Å². The number of nitrogens with zero attached hydrogens (tertiary/aromatic N) is 3. The van der Waals surface area contributed by atoms with Crippen LogP contribution in [0.1, 0.15) is 13.8 Å². The first-order valence-corrected chi connectivity index (χ1v) is 6.15. The minimum atomic E-state index is 0.0647. The highest BCUT2D eigenvalue weighted by Crippen LogP contribution is 2.17. The standard InChI is InChI=1S/C13H18N4O/c1-3-16(4-2)12(18)9-17-11-8-6-5-7-10(11)15-13(17)14/h5-8H,3-4,9H2,1-2H3,(H2,14,15). The first kappa shape index (κ1) is 12.4. The number of hydrogen-bond donors (Lipinski definition) is 1. The molecule has 1 aromatic carbocycles. The van der Waals surface area contributed by atoms with Gasteiger partial charge in [0.2, 0.25) is 11.9 Å². The molecule has 2 aromatic rings. The number of nitrogens with two attached hydrogens (primary N) is 1. The number of aromatic nitrogens is 2. The van der Waals surface area contributed by atoms with Gasteiger partial charge in [0, 0.05) is 13.1 Å². The van der Waals surface area contributed by atoms with Crippen molar-refractivity contribution in [3.05, 3.63) is 24.3 Å². The second-order valence-electron chi connectivity index (χ2n) is 4.11. The Balaban J connectivity index is 2.31. The Hall–Kier alpha value is -2.04. The van der Waals surface area contributed by atoms with Crippen molar-refractivity contribution in [1.82, 2.24) is 14.5 Å². The number of carbonyl (C=O) groups is 1. The lowest BCUT2D eigenvalue weighted by Crippen LogP contribution is -2.33. The molecule has 0 saturated heterocycles. The predicted octanol–water partition coefficient (Wildman–Crippen LogP) is 1.49. The molecule has 0 bridgehead atoms. The highest BCUT2D eigenvalue weighted by molar-refractivity contribution is 5.82. The summed E-state index contributed by atoms with van der Waals surface area (Å²) >= 11 is 0. The van der Waals surface area contributed by atoms with Crippen molar-refractivity contribution in [3.8, 4) is 0 Å². The molecule has 0 spiro atoms. The molecule has 2 N–H and O–H groups in total. The number of likely N-dealkylation sites (N-methyl/N-ethyl adjacent to an activating group) is 1. The highest BCUT2D eigenvalue weighted by Gasteiger charge is 2.14. The summed E-state index contributed by atoms with van der Waals surface area (Å²) in [5.74, 6) is 0.451. The molecule has 1 heterocycles. The van der Waals surface area contributed by atoms with Crippen molar-refractivity contribution < 1.29 is 4.79 Å². The molecule has 0 aliphatic carbocycles. The molecule has 96 valence electrons. The van der Waals surface area contributed by atoms with E-state index in [0.717, 1.165) is 11.0 Å². The van der Waals surface area contributed by atoms with Crippen LogP contribution in [0.25, 0.3) is 11.0 Å². The fraction of sp³-hybridized carbons (Fsp3) is 0.385. The van der Waals surface area contributed by atoms with E-state index in [1.54, 1.807) is 9.47 Å². The van der Waals surface area contributed by atoms with Gasteiger partial charge in [-0.25, -0.2) is 4.98 Å². The predicted molar refractivity (Wildman–Crippen MR) is 72.1 cm³/mol. The summed E-state index contributed by atoms with van der Waals surface area (Å²) in [7, 11) is 0. The van der Waals surface area contributed by atoms with Gasteiger partial charge in [0.05, 0.1) is 11.0 Å². The van der Waals surface area contributed by atoms with Crippen LogP contribution in [0.2, 0.25) is 0 Å². The van der Waals surface area contributed by atoms with E-state index in [0.29, 0.717) is 19.0 Å². The van der Waals surface area contributed by atoms with Gasteiger partial charge in [-0.15, -0.1) is 0 Å². The Kier molecular flexibility index (Phi) is 3.50. The van der Waals surface area contributed by atoms with Crippen molar-refractivity contribution in [2.24, 2.45) is 0 Å². The lowest BCUT2D eigenvalue weighted by atomic mass is 10.3. The summed E-state index contributed by atoms with van der Waals surface area (Å²) in [4.78, 5) is 18.1. The molecule has 0 atom stereocenters. The molecule has 0 aliphatic rings. The number of hydrogen-bond acceptors (Lipinski definition) is 3. The summed E-state index contributed by atoms with van der Waals surface area (Å²) in [5, 5.41) is 0. The molecule has 0 saturated carbocycles. The zero-order valence-electron chi connectivity index (χ0n) is 10.8. The smallest absolute Gasteiger partial charge is 0.242 e. The monoisotopic (exact) mass is 246 g/mol. The second-order valence-corrected chi connectivity index (χ2v) is 4.11. The number of carbonyl (C=O) groups excluding carboxylic acids is 1. The van der Waals surface area contributed by atoms with Gasteiger partial charge in [-0.1, -0.05) is 12.1 Å². The fourth-order valence-electron chi connectivity index (χ4n) is 2.07. The maximum atomic E-state index is 12.1. The summed E-state index contributed by atoms with van der Waals surface area (Å²) in [5.41, 5.74) is 7.59. The molecule has 0 fully saturated rings. The maximum absolute atomic E-state index is 12.1. The quantitative estimate of drug-likeness (QED) is 0.888. The number of imidazole rings is 1. The summed E-state index contributed by atoms with van der Waals surface area (Å²) in [6.45, 7) is 5.60. The van der Waals surface area contributed by atoms with E-state index in [1.807, 2.05) is 38.1 Å². The number of nitrogen functional groups attached to an aromatic ring is 1. The molecule has 1 amide bonds. The van der Waals surface area contributed by atoms with Crippen molar-refractivity contribution in [3.63, 3.8) is 0 Å². The van der Waals surface area contributed by atoms with E-state index in [4.69, 9.17) is 5.73 Å². The van der Waals surface area contributed by atoms with Crippen molar-refractivity contribution in [1.29, 1.82) is 0 Å². The number of rotatable bonds is 4. The van der Waals surface area contributed by atoms with Gasteiger partial charge >= 0.3 is 0 Å². The highest BCUT2D eigenvalue weighted by atomic mass is 16.2. The Labute approximate surface area is 106 Å². The molecule has 0 unspecified atom stereocenters. The number of para-hydroxylation sites is 2. The van der Waals surface area contributed by atoms with Crippen molar-refractivity contribution >= 4 is 22.9 Å². The number of fused-ring (bicyclic) bond motifs is 1. The molecule has 5 heteroatoms. The first-order chi connectivity index (χ1) is 8.67. The fourth-order valence-corrected chi connectivity index (χ4v) is 2.07. The number of benzene rings is 1. The zero-order valence-corrected chi connectivity index (χ0v) is 10.8. The van der Waals surface area contributed by atoms with Gasteiger partial charge in [0.15, 0.2) is 0 Å².